The van der Waals surface area contributed by atoms with Crippen LogP contribution in [-0.2, 0) is 6.42 Å². The summed E-state index contributed by atoms with van der Waals surface area (Å²) in [6.07, 6.45) is 2.14. The molecule has 1 aromatic carbocycles. The van der Waals surface area contributed by atoms with Gasteiger partial charge in [0, 0.05) is 5.38 Å². The highest BCUT2D eigenvalue weighted by Crippen LogP contribution is 2.19. The van der Waals surface area contributed by atoms with Crippen molar-refractivity contribution in [3.8, 4) is 0 Å². The van der Waals surface area contributed by atoms with E-state index in [-0.39, 0.29) is 5.38 Å². The number of hydrogen-bond donors (Lipinski definition) is 0. The van der Waals surface area contributed by atoms with Crippen LogP contribution in [0.5, 0.6) is 0 Å². The second-order valence-corrected chi connectivity index (χ2v) is 4.66. The van der Waals surface area contributed by atoms with Gasteiger partial charge < -0.3 is 0 Å². The van der Waals surface area contributed by atoms with Crippen molar-refractivity contribution >= 4 is 11.6 Å². The second-order valence-electron chi connectivity index (χ2n) is 4.09. The molecule has 0 heterocycles. The van der Waals surface area contributed by atoms with E-state index in [9.17, 15) is 0 Å². The molecule has 2 unspecified atom stereocenters. The van der Waals surface area contributed by atoms with E-state index >= 15 is 0 Å². The predicted molar refractivity (Wildman–Crippen MR) is 64.0 cm³/mol. The summed E-state index contributed by atoms with van der Waals surface area (Å²) in [7, 11) is 0. The Bertz CT molecular complexity index is 280. The van der Waals surface area contributed by atoms with Gasteiger partial charge in [0.1, 0.15) is 0 Å². The Morgan fingerprint density at radius 3 is 2.64 bits per heavy atom. The van der Waals surface area contributed by atoms with Gasteiger partial charge in [-0.1, -0.05) is 50.1 Å². The van der Waals surface area contributed by atoms with Gasteiger partial charge in [0.15, 0.2) is 0 Å². The molecule has 0 saturated carbocycles. The molecule has 14 heavy (non-hydrogen) atoms. The lowest BCUT2D eigenvalue weighted by Gasteiger charge is -2.16. The van der Waals surface area contributed by atoms with Gasteiger partial charge >= 0.3 is 0 Å². The predicted octanol–water partition coefficient (Wildman–Crippen LogP) is 4.19. The van der Waals surface area contributed by atoms with Crippen LogP contribution in [0.15, 0.2) is 24.3 Å². The van der Waals surface area contributed by atoms with E-state index < -0.39 is 0 Å². The fraction of sp³-hybridized carbons (Fsp3) is 0.538. The van der Waals surface area contributed by atoms with E-state index in [1.54, 1.807) is 0 Å². The standard InChI is InChI=1S/C13H19Cl/c1-4-11(3)13(14)9-12-7-5-6-10(2)8-12/h5-8,11,13H,4,9H2,1-3H3. The van der Waals surface area contributed by atoms with E-state index in [1.165, 1.54) is 11.1 Å². The number of alkyl halides is 1. The highest BCUT2D eigenvalue weighted by atomic mass is 35.5. The Kier molecular flexibility index (Phi) is 4.47. The third kappa shape index (κ3) is 3.34. The zero-order valence-corrected chi connectivity index (χ0v) is 10.0. The number of rotatable bonds is 4. The van der Waals surface area contributed by atoms with E-state index in [2.05, 4.69) is 45.0 Å². The largest absolute Gasteiger partial charge is 0.122 e. The molecule has 0 aliphatic carbocycles. The minimum absolute atomic E-state index is 0.266. The van der Waals surface area contributed by atoms with E-state index in [0.717, 1.165) is 12.8 Å². The SMILES string of the molecule is CCC(C)C(Cl)Cc1cccc(C)c1. The average molecular weight is 211 g/mol. The van der Waals surface area contributed by atoms with Crippen molar-refractivity contribution in [2.24, 2.45) is 5.92 Å². The summed E-state index contributed by atoms with van der Waals surface area (Å²) in [5.74, 6) is 0.595. The molecule has 0 spiro atoms. The molecule has 1 aromatic rings. The molecular weight excluding hydrogens is 192 g/mol. The van der Waals surface area contributed by atoms with Gasteiger partial charge in [-0.3, -0.25) is 0 Å². The van der Waals surface area contributed by atoms with Gasteiger partial charge in [-0.2, -0.15) is 0 Å². The molecule has 0 radical (unpaired) electrons. The van der Waals surface area contributed by atoms with Crippen LogP contribution in [0.25, 0.3) is 0 Å². The molecule has 0 fully saturated rings. The summed E-state index contributed by atoms with van der Waals surface area (Å²) in [5, 5.41) is 0.266. The van der Waals surface area contributed by atoms with Gasteiger partial charge in [-0.25, -0.2) is 0 Å². The molecule has 1 rings (SSSR count). The van der Waals surface area contributed by atoms with Crippen LogP contribution in [0.2, 0.25) is 0 Å². The molecule has 0 saturated heterocycles. The van der Waals surface area contributed by atoms with Crippen LogP contribution in [0.1, 0.15) is 31.4 Å². The lowest BCUT2D eigenvalue weighted by Crippen LogP contribution is -2.13. The number of halogens is 1. The first-order valence-corrected chi connectivity index (χ1v) is 5.76. The summed E-state index contributed by atoms with van der Waals surface area (Å²) in [6.45, 7) is 6.53. The lowest BCUT2D eigenvalue weighted by molar-refractivity contribution is 0.525. The number of hydrogen-bond acceptors (Lipinski definition) is 0. The van der Waals surface area contributed by atoms with E-state index in [0.29, 0.717) is 5.92 Å². The first-order chi connectivity index (χ1) is 6.63. The molecule has 2 atom stereocenters. The van der Waals surface area contributed by atoms with Crippen LogP contribution >= 0.6 is 11.6 Å². The van der Waals surface area contributed by atoms with Crippen molar-refractivity contribution in [1.29, 1.82) is 0 Å². The van der Waals surface area contributed by atoms with Crippen LogP contribution in [0, 0.1) is 12.8 Å². The number of aryl methyl sites for hydroxylation is 1. The van der Waals surface area contributed by atoms with Crippen LogP contribution in [0.3, 0.4) is 0 Å². The highest BCUT2D eigenvalue weighted by molar-refractivity contribution is 6.20. The van der Waals surface area contributed by atoms with Crippen molar-refractivity contribution in [2.75, 3.05) is 0 Å². The minimum atomic E-state index is 0.266. The van der Waals surface area contributed by atoms with Gasteiger partial charge in [0.2, 0.25) is 0 Å². The van der Waals surface area contributed by atoms with E-state index in [1.807, 2.05) is 0 Å². The third-order valence-electron chi connectivity index (χ3n) is 2.77. The second kappa shape index (κ2) is 5.41. The zero-order chi connectivity index (χ0) is 10.6. The lowest BCUT2D eigenvalue weighted by atomic mass is 9.98. The minimum Gasteiger partial charge on any atom is -0.122 e. The van der Waals surface area contributed by atoms with Crippen LogP contribution in [0.4, 0.5) is 0 Å². The molecule has 0 nitrogen and oxygen atoms in total. The first kappa shape index (κ1) is 11.6. The van der Waals surface area contributed by atoms with Crippen molar-refractivity contribution in [3.63, 3.8) is 0 Å². The summed E-state index contributed by atoms with van der Waals surface area (Å²) in [6, 6.07) is 8.60. The monoisotopic (exact) mass is 210 g/mol. The Morgan fingerprint density at radius 2 is 2.07 bits per heavy atom. The Balaban J connectivity index is 2.60. The Hall–Kier alpha value is -0.490. The molecule has 0 aliphatic rings. The summed E-state index contributed by atoms with van der Waals surface area (Å²) < 4.78 is 0. The van der Waals surface area contributed by atoms with Crippen molar-refractivity contribution < 1.29 is 0 Å². The molecule has 0 N–H and O–H groups in total. The molecule has 0 aliphatic heterocycles. The number of benzene rings is 1. The van der Waals surface area contributed by atoms with Crippen molar-refractivity contribution in [2.45, 2.75) is 39.0 Å². The molecular formula is C13H19Cl. The quantitative estimate of drug-likeness (QED) is 0.654. The molecule has 0 bridgehead atoms. The van der Waals surface area contributed by atoms with E-state index in [4.69, 9.17) is 11.6 Å². The third-order valence-corrected chi connectivity index (χ3v) is 3.36. The van der Waals surface area contributed by atoms with Gasteiger partial charge in [-0.15, -0.1) is 11.6 Å². The summed E-state index contributed by atoms with van der Waals surface area (Å²) in [5.41, 5.74) is 2.67. The Labute approximate surface area is 92.3 Å². The maximum atomic E-state index is 6.32. The van der Waals surface area contributed by atoms with Gasteiger partial charge in [0.25, 0.3) is 0 Å². The fourth-order valence-corrected chi connectivity index (χ4v) is 1.88. The van der Waals surface area contributed by atoms with Crippen LogP contribution < -0.4 is 0 Å². The zero-order valence-electron chi connectivity index (χ0n) is 9.26. The summed E-state index contributed by atoms with van der Waals surface area (Å²) >= 11 is 6.32. The van der Waals surface area contributed by atoms with Crippen molar-refractivity contribution in [3.05, 3.63) is 35.4 Å². The van der Waals surface area contributed by atoms with Crippen molar-refractivity contribution in [1.82, 2.24) is 0 Å². The molecule has 1 heteroatoms. The molecule has 0 aromatic heterocycles. The van der Waals surface area contributed by atoms with Crippen LogP contribution in [-0.4, -0.2) is 5.38 Å². The smallest absolute Gasteiger partial charge is 0.0401 e. The summed E-state index contributed by atoms with van der Waals surface area (Å²) in [4.78, 5) is 0. The maximum absolute atomic E-state index is 6.32. The topological polar surface area (TPSA) is 0 Å². The highest BCUT2D eigenvalue weighted by Gasteiger charge is 2.12. The molecule has 0 amide bonds. The van der Waals surface area contributed by atoms with Gasteiger partial charge in [0.05, 0.1) is 0 Å². The average Bonchev–Trinajstić information content (AvgIpc) is 2.16. The Morgan fingerprint density at radius 1 is 1.36 bits per heavy atom. The van der Waals surface area contributed by atoms with Gasteiger partial charge in [-0.05, 0) is 24.8 Å². The maximum Gasteiger partial charge on any atom is 0.0401 e. The fourth-order valence-electron chi connectivity index (χ4n) is 1.52. The normalized spacial score (nSPS) is 15.1. The molecule has 78 valence electrons. The first-order valence-electron chi connectivity index (χ1n) is 5.33.